The molecule has 1 N–H and O–H groups in total. The number of thiazole rings is 1. The highest BCUT2D eigenvalue weighted by Gasteiger charge is 2.27. The predicted octanol–water partition coefficient (Wildman–Crippen LogP) is 7.18. The maximum absolute atomic E-state index is 12.4. The fourth-order valence-electron chi connectivity index (χ4n) is 3.42. The molecular weight excluding hydrogens is 499 g/mol. The van der Waals surface area contributed by atoms with E-state index in [0.29, 0.717) is 31.7 Å². The van der Waals surface area contributed by atoms with Crippen LogP contribution < -0.4 is 0 Å². The number of hydrogen-bond donors (Lipinski definition) is 1. The zero-order chi connectivity index (χ0) is 23.9. The molecule has 0 bridgehead atoms. The van der Waals surface area contributed by atoms with Gasteiger partial charge in [-0.25, -0.2) is 9.78 Å². The van der Waals surface area contributed by atoms with Crippen LogP contribution in [0.15, 0.2) is 40.7 Å². The Bertz CT molecular complexity index is 1360. The van der Waals surface area contributed by atoms with Crippen LogP contribution in [-0.4, -0.2) is 36.1 Å². The Kier molecular flexibility index (Phi) is 6.81. The van der Waals surface area contributed by atoms with Gasteiger partial charge in [-0.1, -0.05) is 54.5 Å². The number of rotatable bonds is 6. The van der Waals surface area contributed by atoms with Crippen LogP contribution in [0.25, 0.3) is 27.5 Å². The van der Waals surface area contributed by atoms with Crippen molar-refractivity contribution in [3.8, 4) is 27.5 Å². The van der Waals surface area contributed by atoms with Crippen LogP contribution >= 0.6 is 46.3 Å². The van der Waals surface area contributed by atoms with E-state index in [1.165, 1.54) is 16.0 Å². The van der Waals surface area contributed by atoms with Crippen molar-refractivity contribution in [1.29, 1.82) is 0 Å². The summed E-state index contributed by atoms with van der Waals surface area (Å²) in [7, 11) is 0. The number of aryl methyl sites for hydroxylation is 2. The highest BCUT2D eigenvalue weighted by Crippen LogP contribution is 2.42. The van der Waals surface area contributed by atoms with Crippen LogP contribution in [0, 0.1) is 13.8 Å². The summed E-state index contributed by atoms with van der Waals surface area (Å²) in [5, 5.41) is 16.4. The van der Waals surface area contributed by atoms with Crippen LogP contribution in [0.1, 0.15) is 35.7 Å². The van der Waals surface area contributed by atoms with Crippen molar-refractivity contribution in [1.82, 2.24) is 19.7 Å². The van der Waals surface area contributed by atoms with Gasteiger partial charge in [0.15, 0.2) is 5.69 Å². The van der Waals surface area contributed by atoms with Gasteiger partial charge < -0.3 is 5.11 Å². The topological polar surface area (TPSA) is 80.9 Å². The Hall–Kier alpha value is -2.39. The van der Waals surface area contributed by atoms with Crippen molar-refractivity contribution in [2.45, 2.75) is 37.2 Å². The third-order valence-corrected chi connectivity index (χ3v) is 7.73. The van der Waals surface area contributed by atoms with Crippen molar-refractivity contribution in [3.63, 3.8) is 0 Å². The minimum absolute atomic E-state index is 0.0636. The Morgan fingerprint density at radius 1 is 1.12 bits per heavy atom. The van der Waals surface area contributed by atoms with Crippen molar-refractivity contribution >= 4 is 52.3 Å². The molecule has 0 saturated carbocycles. The van der Waals surface area contributed by atoms with Gasteiger partial charge in [-0.05, 0) is 43.7 Å². The molecule has 3 heterocycles. The molecule has 0 aliphatic rings. The van der Waals surface area contributed by atoms with Crippen molar-refractivity contribution < 1.29 is 9.90 Å². The summed E-state index contributed by atoms with van der Waals surface area (Å²) >= 11 is 15.4. The van der Waals surface area contributed by atoms with E-state index in [1.807, 2.05) is 19.1 Å². The van der Waals surface area contributed by atoms with Gasteiger partial charge in [-0.2, -0.15) is 9.78 Å². The maximum Gasteiger partial charge on any atom is 0.355 e. The van der Waals surface area contributed by atoms with Gasteiger partial charge in [-0.15, -0.1) is 11.8 Å². The summed E-state index contributed by atoms with van der Waals surface area (Å²) in [6.07, 6.45) is 1.66. The van der Waals surface area contributed by atoms with Crippen LogP contribution in [0.2, 0.25) is 10.0 Å². The number of carboxylic acids is 1. The molecule has 0 atom stereocenters. The molecule has 0 unspecified atom stereocenters. The SMILES string of the molecule is Cc1cc(-c2c(C)nn(-c3nc(-c4ccc(Cl)c(Cl)c4)c(SC(C)C)s3)c2C(=O)O)ccn1. The highest BCUT2D eigenvalue weighted by molar-refractivity contribution is 8.01. The van der Waals surface area contributed by atoms with Gasteiger partial charge in [0.25, 0.3) is 0 Å². The number of pyridine rings is 1. The lowest BCUT2D eigenvalue weighted by Gasteiger charge is -2.05. The number of hydrogen-bond acceptors (Lipinski definition) is 6. The third-order valence-electron chi connectivity index (χ3n) is 4.75. The summed E-state index contributed by atoms with van der Waals surface area (Å²) in [6.45, 7) is 7.84. The van der Waals surface area contributed by atoms with Gasteiger partial charge in [0.05, 0.1) is 25.6 Å². The number of benzene rings is 1. The number of nitrogens with zero attached hydrogens (tertiary/aromatic N) is 4. The number of aromatic carboxylic acids is 1. The molecule has 0 aliphatic heterocycles. The fraction of sp³-hybridized carbons (Fsp3) is 0.217. The lowest BCUT2D eigenvalue weighted by molar-refractivity contribution is 0.0688. The number of carbonyl (C=O) groups is 1. The van der Waals surface area contributed by atoms with E-state index in [9.17, 15) is 9.90 Å². The van der Waals surface area contributed by atoms with E-state index in [1.54, 1.807) is 43.1 Å². The van der Waals surface area contributed by atoms with Crippen LogP contribution in [-0.2, 0) is 0 Å². The number of aromatic nitrogens is 4. The first-order valence-electron chi connectivity index (χ1n) is 10.0. The smallest absolute Gasteiger partial charge is 0.355 e. The second kappa shape index (κ2) is 9.46. The minimum Gasteiger partial charge on any atom is -0.476 e. The molecule has 3 aromatic heterocycles. The zero-order valence-electron chi connectivity index (χ0n) is 18.3. The Morgan fingerprint density at radius 3 is 2.52 bits per heavy atom. The van der Waals surface area contributed by atoms with Gasteiger partial charge in [0.2, 0.25) is 5.13 Å². The minimum atomic E-state index is -1.08. The first-order valence-corrected chi connectivity index (χ1v) is 12.5. The Morgan fingerprint density at radius 2 is 1.88 bits per heavy atom. The largest absolute Gasteiger partial charge is 0.476 e. The molecule has 6 nitrogen and oxygen atoms in total. The van der Waals surface area contributed by atoms with Crippen LogP contribution in [0.3, 0.4) is 0 Å². The monoisotopic (exact) mass is 518 g/mol. The fourth-order valence-corrected chi connectivity index (χ4v) is 6.19. The van der Waals surface area contributed by atoms with Gasteiger partial charge in [-0.3, -0.25) is 4.98 Å². The molecule has 170 valence electrons. The Labute approximate surface area is 209 Å². The Balaban J connectivity index is 1.92. The lowest BCUT2D eigenvalue weighted by atomic mass is 10.0. The average Bonchev–Trinajstić information content (AvgIpc) is 3.30. The molecule has 0 spiro atoms. The van der Waals surface area contributed by atoms with Crippen LogP contribution in [0.5, 0.6) is 0 Å². The summed E-state index contributed by atoms with van der Waals surface area (Å²) in [4.78, 5) is 21.4. The van der Waals surface area contributed by atoms with Crippen molar-refractivity contribution in [3.05, 3.63) is 63.7 Å². The van der Waals surface area contributed by atoms with E-state index < -0.39 is 5.97 Å². The van der Waals surface area contributed by atoms with E-state index in [0.717, 1.165) is 26.7 Å². The van der Waals surface area contributed by atoms with Gasteiger partial charge >= 0.3 is 5.97 Å². The van der Waals surface area contributed by atoms with E-state index in [4.69, 9.17) is 28.2 Å². The third kappa shape index (κ3) is 4.80. The molecule has 4 rings (SSSR count). The molecule has 0 radical (unpaired) electrons. The zero-order valence-corrected chi connectivity index (χ0v) is 21.4. The van der Waals surface area contributed by atoms with Gasteiger partial charge in [0.1, 0.15) is 0 Å². The second-order valence-corrected chi connectivity index (χ2v) is 11.3. The lowest BCUT2D eigenvalue weighted by Crippen LogP contribution is -2.09. The first kappa shape index (κ1) is 23.8. The van der Waals surface area contributed by atoms with E-state index >= 15 is 0 Å². The quantitative estimate of drug-likeness (QED) is 0.272. The summed E-state index contributed by atoms with van der Waals surface area (Å²) in [6, 6.07) is 8.99. The molecule has 10 heteroatoms. The maximum atomic E-state index is 12.4. The molecular formula is C23H20Cl2N4O2S2. The van der Waals surface area contributed by atoms with E-state index in [2.05, 4.69) is 23.9 Å². The number of carboxylic acid groups (broad SMARTS) is 1. The normalized spacial score (nSPS) is 11.4. The summed E-state index contributed by atoms with van der Waals surface area (Å²) in [5.41, 5.74) is 4.29. The molecule has 0 aliphatic carbocycles. The molecule has 4 aromatic rings. The van der Waals surface area contributed by atoms with E-state index in [-0.39, 0.29) is 5.69 Å². The van der Waals surface area contributed by atoms with Crippen molar-refractivity contribution in [2.75, 3.05) is 0 Å². The molecule has 33 heavy (non-hydrogen) atoms. The standard InChI is InChI=1S/C23H20Cl2N4O2S2/c1-11(2)32-22-19(15-5-6-16(24)17(25)10-15)27-23(33-22)29-20(21(30)31)18(13(4)28-29)14-7-8-26-12(3)9-14/h5-11H,1-4H3,(H,30,31). The number of halogens is 2. The highest BCUT2D eigenvalue weighted by atomic mass is 35.5. The average molecular weight is 519 g/mol. The van der Waals surface area contributed by atoms with Crippen LogP contribution in [0.4, 0.5) is 0 Å². The molecule has 0 saturated heterocycles. The second-order valence-electron chi connectivity index (χ2n) is 7.64. The first-order chi connectivity index (χ1) is 15.7. The molecule has 1 aromatic carbocycles. The summed E-state index contributed by atoms with van der Waals surface area (Å²) < 4.78 is 2.36. The van der Waals surface area contributed by atoms with Gasteiger partial charge in [0, 0.05) is 28.3 Å². The predicted molar refractivity (Wildman–Crippen MR) is 135 cm³/mol. The molecule has 0 fully saturated rings. The summed E-state index contributed by atoms with van der Waals surface area (Å²) in [5.74, 6) is -1.08. The number of thioether (sulfide) groups is 1. The van der Waals surface area contributed by atoms with Crippen molar-refractivity contribution in [2.24, 2.45) is 0 Å². The molecule has 0 amide bonds.